The van der Waals surface area contributed by atoms with Gasteiger partial charge < -0.3 is 24.6 Å². The van der Waals surface area contributed by atoms with Gasteiger partial charge in [-0.3, -0.25) is 13.8 Å². The zero-order chi connectivity index (χ0) is 36.1. The van der Waals surface area contributed by atoms with E-state index in [-0.39, 0.29) is 13.0 Å². The Hall–Kier alpha value is -1.84. The molecule has 9 nitrogen and oxygen atoms in total. The van der Waals surface area contributed by atoms with E-state index in [0.29, 0.717) is 13.0 Å². The number of aliphatic hydroxyl groups is 2. The molecule has 3 N–H and O–H groups in total. The van der Waals surface area contributed by atoms with Crippen molar-refractivity contribution in [3.63, 3.8) is 0 Å². The summed E-state index contributed by atoms with van der Waals surface area (Å²) in [5.41, 5.74) is 0. The first-order valence-corrected chi connectivity index (χ1v) is 20.3. The molecule has 0 aliphatic carbocycles. The van der Waals surface area contributed by atoms with Gasteiger partial charge in [-0.25, -0.2) is 4.57 Å². The quantitative estimate of drug-likeness (QED) is 0.0254. The molecule has 0 saturated carbocycles. The Morgan fingerprint density at radius 2 is 1.16 bits per heavy atom. The fourth-order valence-electron chi connectivity index (χ4n) is 4.60. The number of phosphoric ester groups is 1. The van der Waals surface area contributed by atoms with Crippen LogP contribution in [0.3, 0.4) is 0 Å². The number of rotatable bonds is 35. The average Bonchev–Trinajstić information content (AvgIpc) is 3.09. The molecule has 10 heteroatoms. The monoisotopic (exact) mass is 712 g/mol. The molecule has 0 aliphatic heterocycles. The highest BCUT2D eigenvalue weighted by Crippen LogP contribution is 2.43. The van der Waals surface area contributed by atoms with E-state index in [1.54, 1.807) is 0 Å². The first kappa shape index (κ1) is 47.2. The van der Waals surface area contributed by atoms with Gasteiger partial charge in [0.1, 0.15) is 12.2 Å². The number of carbonyl (C=O) groups is 1. The summed E-state index contributed by atoms with van der Waals surface area (Å²) in [5.74, 6) is -0.467. The first-order chi connectivity index (χ1) is 23.8. The van der Waals surface area contributed by atoms with Gasteiger partial charge in [-0.2, -0.15) is 0 Å². The molecule has 0 amide bonds. The van der Waals surface area contributed by atoms with Crippen LogP contribution >= 0.6 is 7.82 Å². The Morgan fingerprint density at radius 3 is 1.76 bits per heavy atom. The molecule has 284 valence electrons. The summed E-state index contributed by atoms with van der Waals surface area (Å²) in [5, 5.41) is 18.3. The van der Waals surface area contributed by atoms with E-state index < -0.39 is 45.8 Å². The number of esters is 1. The first-order valence-electron chi connectivity index (χ1n) is 18.8. The van der Waals surface area contributed by atoms with Crippen LogP contribution in [-0.2, 0) is 27.9 Å². The predicted octanol–water partition coefficient (Wildman–Crippen LogP) is 9.63. The molecule has 0 saturated heterocycles. The van der Waals surface area contributed by atoms with Crippen LogP contribution in [0.2, 0.25) is 0 Å². The van der Waals surface area contributed by atoms with Crippen LogP contribution < -0.4 is 0 Å². The van der Waals surface area contributed by atoms with Crippen molar-refractivity contribution in [1.82, 2.24) is 0 Å². The van der Waals surface area contributed by atoms with Crippen molar-refractivity contribution in [1.29, 1.82) is 0 Å². The molecule has 49 heavy (non-hydrogen) atoms. The van der Waals surface area contributed by atoms with E-state index in [1.165, 1.54) is 57.8 Å². The summed E-state index contributed by atoms with van der Waals surface area (Å²) in [6.45, 7) is 3.25. The second-order valence-electron chi connectivity index (χ2n) is 12.2. The maximum absolute atomic E-state index is 12.5. The fraction of sp³-hybridized carbons (Fsp3) is 0.718. The molecule has 0 heterocycles. The Kier molecular flexibility index (Phi) is 34.6. The van der Waals surface area contributed by atoms with Gasteiger partial charge in [0.05, 0.1) is 26.4 Å². The van der Waals surface area contributed by atoms with Gasteiger partial charge in [-0.15, -0.1) is 0 Å². The van der Waals surface area contributed by atoms with E-state index in [1.807, 2.05) is 12.2 Å². The Bertz CT molecular complexity index is 945. The van der Waals surface area contributed by atoms with Crippen LogP contribution in [0.15, 0.2) is 60.8 Å². The van der Waals surface area contributed by atoms with E-state index in [0.717, 1.165) is 51.4 Å². The van der Waals surface area contributed by atoms with Crippen molar-refractivity contribution in [2.45, 2.75) is 148 Å². The molecule has 0 bridgehead atoms. The number of allylic oxidation sites excluding steroid dienone is 10. The summed E-state index contributed by atoms with van der Waals surface area (Å²) in [6.07, 6.45) is 39.1. The minimum Gasteiger partial charge on any atom is -0.457 e. The third-order valence-corrected chi connectivity index (χ3v) is 8.40. The van der Waals surface area contributed by atoms with E-state index in [2.05, 4.69) is 62.5 Å². The van der Waals surface area contributed by atoms with Gasteiger partial charge >= 0.3 is 13.8 Å². The number of unbranched alkanes of at least 4 members (excludes halogenated alkanes) is 11. The van der Waals surface area contributed by atoms with Crippen LogP contribution in [0.4, 0.5) is 0 Å². The smallest absolute Gasteiger partial charge is 0.457 e. The van der Waals surface area contributed by atoms with Gasteiger partial charge in [-0.05, 0) is 64.2 Å². The molecule has 3 unspecified atom stereocenters. The second kappa shape index (κ2) is 36.0. The highest BCUT2D eigenvalue weighted by molar-refractivity contribution is 7.47. The highest BCUT2D eigenvalue weighted by Gasteiger charge is 2.26. The van der Waals surface area contributed by atoms with E-state index in [9.17, 15) is 19.4 Å². The molecule has 0 aromatic heterocycles. The van der Waals surface area contributed by atoms with Gasteiger partial charge in [0.25, 0.3) is 0 Å². The third kappa shape index (κ3) is 35.8. The van der Waals surface area contributed by atoms with Crippen molar-refractivity contribution in [2.24, 2.45) is 0 Å². The standard InChI is InChI=1S/C39H69O9P/c1-3-5-7-9-11-13-15-17-18-20-22-24-26-28-30-32-45-35-38(36-47-49(43,44)46-34-37(41)33-40)48-39(42)31-29-27-25-23-21-19-16-14-12-10-8-6-4-2/h6,8,12,14-15,17,19,21,25,27,37-38,40-41H,3-5,7,9-11,13,16,18,20,22-24,26,28-36H2,1-2H3,(H,43,44)/b8-6-,14-12-,17-15-,21-19-,27-25-. The SMILES string of the molecule is CC/C=C\C/C=C\C/C=C\C/C=C\CCC(=O)OC(COCCCCCCCC/C=C\CCCCCCC)COP(=O)(O)OCC(O)CO. The summed E-state index contributed by atoms with van der Waals surface area (Å²) in [4.78, 5) is 22.4. The number of phosphoric acid groups is 1. The summed E-state index contributed by atoms with van der Waals surface area (Å²) in [7, 11) is -4.53. The lowest BCUT2D eigenvalue weighted by Crippen LogP contribution is -2.29. The topological polar surface area (TPSA) is 132 Å². The average molecular weight is 713 g/mol. The highest BCUT2D eigenvalue weighted by atomic mass is 31.2. The third-order valence-electron chi connectivity index (χ3n) is 7.45. The Labute approximate surface area is 298 Å². The van der Waals surface area contributed by atoms with Crippen LogP contribution in [-0.4, -0.2) is 66.3 Å². The number of hydrogen-bond acceptors (Lipinski definition) is 8. The Balaban J connectivity index is 4.36. The van der Waals surface area contributed by atoms with Crippen LogP contribution in [0.1, 0.15) is 136 Å². The second-order valence-corrected chi connectivity index (χ2v) is 13.7. The molecule has 0 aromatic rings. The summed E-state index contributed by atoms with van der Waals surface area (Å²) >= 11 is 0. The molecule has 0 radical (unpaired) electrons. The summed E-state index contributed by atoms with van der Waals surface area (Å²) < 4.78 is 33.1. The predicted molar refractivity (Wildman–Crippen MR) is 200 cm³/mol. The minimum atomic E-state index is -4.53. The lowest BCUT2D eigenvalue weighted by Gasteiger charge is -2.20. The van der Waals surface area contributed by atoms with Crippen LogP contribution in [0, 0.1) is 0 Å². The maximum Gasteiger partial charge on any atom is 0.472 e. The number of ether oxygens (including phenoxy) is 2. The molecule has 3 atom stereocenters. The van der Waals surface area contributed by atoms with Crippen molar-refractivity contribution in [3.8, 4) is 0 Å². The van der Waals surface area contributed by atoms with E-state index >= 15 is 0 Å². The van der Waals surface area contributed by atoms with Gasteiger partial charge in [0, 0.05) is 13.0 Å². The van der Waals surface area contributed by atoms with Gasteiger partial charge in [-0.1, -0.05) is 126 Å². The van der Waals surface area contributed by atoms with Crippen molar-refractivity contribution in [2.75, 3.05) is 33.0 Å². The molecular formula is C39H69O9P. The minimum absolute atomic E-state index is 0.0138. The Morgan fingerprint density at radius 1 is 0.653 bits per heavy atom. The molecule has 0 aliphatic rings. The van der Waals surface area contributed by atoms with E-state index in [4.69, 9.17) is 23.6 Å². The van der Waals surface area contributed by atoms with Crippen molar-refractivity contribution >= 4 is 13.8 Å². The molecule has 0 fully saturated rings. The van der Waals surface area contributed by atoms with Gasteiger partial charge in [0.2, 0.25) is 0 Å². The largest absolute Gasteiger partial charge is 0.472 e. The van der Waals surface area contributed by atoms with Crippen LogP contribution in [0.5, 0.6) is 0 Å². The number of hydrogen-bond donors (Lipinski definition) is 3. The maximum atomic E-state index is 12.5. The van der Waals surface area contributed by atoms with Crippen molar-refractivity contribution in [3.05, 3.63) is 60.8 Å². The molecule has 0 aromatic carbocycles. The molecular weight excluding hydrogens is 643 g/mol. The normalized spacial score (nSPS) is 15.0. The lowest BCUT2D eigenvalue weighted by atomic mass is 10.1. The summed E-state index contributed by atoms with van der Waals surface area (Å²) in [6, 6.07) is 0. The molecule has 0 rings (SSSR count). The fourth-order valence-corrected chi connectivity index (χ4v) is 5.39. The molecule has 0 spiro atoms. The zero-order valence-corrected chi connectivity index (χ0v) is 31.5. The van der Waals surface area contributed by atoms with Crippen molar-refractivity contribution < 1.29 is 43.0 Å². The number of carbonyl (C=O) groups excluding carboxylic acids is 1. The lowest BCUT2D eigenvalue weighted by molar-refractivity contribution is -0.154. The van der Waals surface area contributed by atoms with Crippen LogP contribution in [0.25, 0.3) is 0 Å². The zero-order valence-electron chi connectivity index (χ0n) is 30.6. The number of aliphatic hydroxyl groups excluding tert-OH is 2. The van der Waals surface area contributed by atoms with Gasteiger partial charge in [0.15, 0.2) is 0 Å².